The van der Waals surface area contributed by atoms with Gasteiger partial charge in [0.1, 0.15) is 5.75 Å². The van der Waals surface area contributed by atoms with E-state index in [1.165, 1.54) is 29.7 Å². The number of ether oxygens (including phenoxy) is 1. The Morgan fingerprint density at radius 3 is 2.16 bits per heavy atom. The van der Waals surface area contributed by atoms with E-state index < -0.39 is 22.0 Å². The summed E-state index contributed by atoms with van der Waals surface area (Å²) in [5.74, 6) is 0.243. The molecule has 4 aromatic carbocycles. The monoisotopic (exact) mass is 710 g/mol. The molecule has 51 heavy (non-hydrogen) atoms. The van der Waals surface area contributed by atoms with Gasteiger partial charge < -0.3 is 9.64 Å². The predicted octanol–water partition coefficient (Wildman–Crippen LogP) is 7.66. The van der Waals surface area contributed by atoms with Gasteiger partial charge in [-0.3, -0.25) is 14.6 Å². The summed E-state index contributed by atoms with van der Waals surface area (Å²) in [4.78, 5) is 34.0. The fraction of sp³-hybridized carbons (Fsp3) is 0.415. The third-order valence-electron chi connectivity index (χ3n) is 10.5. The van der Waals surface area contributed by atoms with Crippen molar-refractivity contribution >= 4 is 32.7 Å². The van der Waals surface area contributed by atoms with Crippen molar-refractivity contribution in [3.63, 3.8) is 0 Å². The molecule has 0 aromatic heterocycles. The number of likely N-dealkylation sites (tertiary alicyclic amines) is 2. The van der Waals surface area contributed by atoms with Crippen LogP contribution < -0.4 is 9.46 Å². The van der Waals surface area contributed by atoms with E-state index in [1.807, 2.05) is 42.5 Å². The Labute approximate surface area is 302 Å². The van der Waals surface area contributed by atoms with Crippen LogP contribution in [0.2, 0.25) is 0 Å². The zero-order valence-electron chi connectivity index (χ0n) is 30.0. The first-order valence-electron chi connectivity index (χ1n) is 18.2. The van der Waals surface area contributed by atoms with E-state index in [-0.39, 0.29) is 23.9 Å². The van der Waals surface area contributed by atoms with E-state index in [1.54, 1.807) is 48.4 Å². The molecule has 0 unspecified atom stereocenters. The number of urea groups is 1. The Bertz CT molecular complexity index is 1900. The van der Waals surface area contributed by atoms with E-state index >= 15 is 0 Å². The lowest BCUT2D eigenvalue weighted by molar-refractivity contribution is -0.129. The molecule has 2 aliphatic heterocycles. The molecule has 4 aromatic rings. The quantitative estimate of drug-likeness (QED) is 0.172. The van der Waals surface area contributed by atoms with Crippen LogP contribution in [0.25, 0.3) is 10.8 Å². The zero-order chi connectivity index (χ0) is 36.0. The number of methoxy groups -OCH3 is 1. The van der Waals surface area contributed by atoms with Crippen molar-refractivity contribution in [1.82, 2.24) is 19.4 Å². The molecule has 2 heterocycles. The van der Waals surface area contributed by atoms with Gasteiger partial charge in [-0.15, -0.1) is 0 Å². The Morgan fingerprint density at radius 2 is 1.47 bits per heavy atom. The SMILES string of the molecule is COc1ccc2cc(S(=O)(=O)N[C@H](CC(=O)N(Cc3ccc(CN4[C@H](C)CCC[C@@H]4C)cc3)C(=O)N3CCCCC3)c3ccccc3)ccc2c1. The molecule has 0 radical (unpaired) electrons. The van der Waals surface area contributed by atoms with Gasteiger partial charge in [-0.05, 0) is 97.7 Å². The summed E-state index contributed by atoms with van der Waals surface area (Å²) >= 11 is 0. The smallest absolute Gasteiger partial charge is 0.327 e. The lowest BCUT2D eigenvalue weighted by Crippen LogP contribution is -2.48. The first-order chi connectivity index (χ1) is 24.6. The van der Waals surface area contributed by atoms with Crippen LogP contribution in [0.1, 0.15) is 81.5 Å². The maximum atomic E-state index is 14.3. The number of imide groups is 1. The Kier molecular flexibility index (Phi) is 11.7. The van der Waals surface area contributed by atoms with E-state index in [0.29, 0.717) is 36.5 Å². The van der Waals surface area contributed by atoms with E-state index in [2.05, 4.69) is 35.6 Å². The van der Waals surface area contributed by atoms with Crippen LogP contribution >= 0.6 is 0 Å². The number of benzene rings is 4. The number of carbonyl (C=O) groups excluding carboxylic acids is 2. The summed E-state index contributed by atoms with van der Waals surface area (Å²) in [6, 6.07) is 27.5. The first-order valence-corrected chi connectivity index (χ1v) is 19.7. The molecule has 270 valence electrons. The summed E-state index contributed by atoms with van der Waals surface area (Å²) in [6.45, 7) is 6.74. The molecular weight excluding hydrogens is 661 g/mol. The molecule has 3 amide bonds. The van der Waals surface area contributed by atoms with Crippen molar-refractivity contribution in [2.45, 2.75) is 94.9 Å². The molecule has 2 aliphatic rings. The van der Waals surface area contributed by atoms with Crippen LogP contribution in [0.3, 0.4) is 0 Å². The van der Waals surface area contributed by atoms with E-state index in [4.69, 9.17) is 4.74 Å². The molecule has 2 saturated heterocycles. The zero-order valence-corrected chi connectivity index (χ0v) is 30.8. The van der Waals surface area contributed by atoms with Crippen molar-refractivity contribution in [3.05, 3.63) is 108 Å². The molecule has 0 saturated carbocycles. The highest BCUT2D eigenvalue weighted by Crippen LogP contribution is 2.28. The number of amides is 3. The number of rotatable bonds is 11. The minimum atomic E-state index is -4.06. The molecule has 0 aliphatic carbocycles. The van der Waals surface area contributed by atoms with Crippen LogP contribution in [-0.2, 0) is 27.9 Å². The molecule has 2 fully saturated rings. The van der Waals surface area contributed by atoms with Crippen molar-refractivity contribution in [1.29, 1.82) is 0 Å². The molecule has 9 nitrogen and oxygen atoms in total. The fourth-order valence-corrected chi connectivity index (χ4v) is 8.66. The summed E-state index contributed by atoms with van der Waals surface area (Å²) in [6.07, 6.45) is 6.27. The highest BCUT2D eigenvalue weighted by Gasteiger charge is 2.32. The second-order valence-electron chi connectivity index (χ2n) is 14.1. The Morgan fingerprint density at radius 1 is 0.824 bits per heavy atom. The van der Waals surface area contributed by atoms with Gasteiger partial charge in [-0.2, -0.15) is 0 Å². The minimum Gasteiger partial charge on any atom is -0.497 e. The maximum Gasteiger partial charge on any atom is 0.327 e. The lowest BCUT2D eigenvalue weighted by Gasteiger charge is -2.39. The van der Waals surface area contributed by atoms with Gasteiger partial charge in [0.05, 0.1) is 24.6 Å². The normalized spacial score (nSPS) is 19.1. The number of hydrogen-bond acceptors (Lipinski definition) is 6. The number of nitrogens with zero attached hydrogens (tertiary/aromatic N) is 3. The number of sulfonamides is 1. The van der Waals surface area contributed by atoms with E-state index in [0.717, 1.165) is 42.1 Å². The predicted molar refractivity (Wildman–Crippen MR) is 201 cm³/mol. The number of fused-ring (bicyclic) bond motifs is 1. The molecule has 0 bridgehead atoms. The highest BCUT2D eigenvalue weighted by atomic mass is 32.2. The van der Waals surface area contributed by atoms with Crippen LogP contribution in [-0.4, -0.2) is 67.3 Å². The molecule has 10 heteroatoms. The van der Waals surface area contributed by atoms with Gasteiger partial charge >= 0.3 is 6.03 Å². The van der Waals surface area contributed by atoms with Crippen molar-refractivity contribution in [2.75, 3.05) is 20.2 Å². The van der Waals surface area contributed by atoms with Gasteiger partial charge in [0.15, 0.2) is 0 Å². The third kappa shape index (κ3) is 8.98. The second-order valence-corrected chi connectivity index (χ2v) is 15.8. The number of piperidine rings is 2. The Hall–Kier alpha value is -4.25. The first kappa shape index (κ1) is 36.5. The molecule has 3 atom stereocenters. The van der Waals surface area contributed by atoms with E-state index in [9.17, 15) is 18.0 Å². The van der Waals surface area contributed by atoms with Crippen molar-refractivity contribution < 1.29 is 22.7 Å². The average Bonchev–Trinajstić information content (AvgIpc) is 3.15. The molecule has 6 rings (SSSR count). The second kappa shape index (κ2) is 16.4. The summed E-state index contributed by atoms with van der Waals surface area (Å²) < 4.78 is 35.9. The van der Waals surface area contributed by atoms with Gasteiger partial charge in [-0.25, -0.2) is 17.9 Å². The maximum absolute atomic E-state index is 14.3. The van der Waals surface area contributed by atoms with Crippen LogP contribution in [0, 0.1) is 0 Å². The minimum absolute atomic E-state index is 0.0863. The van der Waals surface area contributed by atoms with Gasteiger partial charge in [-0.1, -0.05) is 73.2 Å². The number of hydrogen-bond donors (Lipinski definition) is 1. The lowest BCUT2D eigenvalue weighted by atomic mass is 9.96. The Balaban J connectivity index is 1.24. The average molecular weight is 711 g/mol. The van der Waals surface area contributed by atoms with Crippen molar-refractivity contribution in [2.24, 2.45) is 0 Å². The van der Waals surface area contributed by atoms with Crippen LogP contribution in [0.5, 0.6) is 5.75 Å². The highest BCUT2D eigenvalue weighted by molar-refractivity contribution is 7.89. The number of carbonyl (C=O) groups is 2. The standard InChI is InChI=1S/C41H50N4O5S/c1-30-11-10-12-31(2)44(30)28-32-15-17-33(18-16-32)29-45(41(47)43-23-8-5-9-24-43)40(46)27-39(34-13-6-4-7-14-34)42-51(48,49)38-22-20-35-25-37(50-3)21-19-36(35)26-38/h4,6-7,13-22,25-26,30-31,39,42H,5,8-12,23-24,27-29H2,1-3H3/t30-,31+,39-/m1/s1. The third-order valence-corrected chi connectivity index (χ3v) is 11.9. The molecular formula is C41H50N4O5S. The summed E-state index contributed by atoms with van der Waals surface area (Å²) in [5, 5.41) is 1.59. The summed E-state index contributed by atoms with van der Waals surface area (Å²) in [7, 11) is -2.48. The van der Waals surface area contributed by atoms with Crippen LogP contribution in [0.15, 0.2) is 95.9 Å². The van der Waals surface area contributed by atoms with Crippen LogP contribution in [0.4, 0.5) is 4.79 Å². The van der Waals surface area contributed by atoms with Gasteiger partial charge in [0.2, 0.25) is 15.9 Å². The van der Waals surface area contributed by atoms with Gasteiger partial charge in [0, 0.05) is 38.1 Å². The van der Waals surface area contributed by atoms with Gasteiger partial charge in [0.25, 0.3) is 0 Å². The van der Waals surface area contributed by atoms with Crippen molar-refractivity contribution in [3.8, 4) is 5.75 Å². The largest absolute Gasteiger partial charge is 0.497 e. The topological polar surface area (TPSA) is 99.3 Å². The molecule has 0 spiro atoms. The molecule has 1 N–H and O–H groups in total. The number of nitrogens with one attached hydrogen (secondary N) is 1. The fourth-order valence-electron chi connectivity index (χ4n) is 7.40. The summed E-state index contributed by atoms with van der Waals surface area (Å²) in [5.41, 5.74) is 2.68.